The molecule has 3 fully saturated rings. The zero-order valence-electron chi connectivity index (χ0n) is 23.5. The number of amides is 2. The molecule has 3 aliphatic rings. The molecule has 2 amide bonds. The minimum Gasteiger partial charge on any atom is -0.457 e. The summed E-state index contributed by atoms with van der Waals surface area (Å²) >= 11 is 0. The van der Waals surface area contributed by atoms with Gasteiger partial charge >= 0.3 is 11.9 Å². The molecule has 2 heterocycles. The number of rotatable bonds is 8. The highest BCUT2D eigenvalue weighted by atomic mass is 16.5. The van der Waals surface area contributed by atoms with E-state index in [1.165, 1.54) is 59.2 Å². The number of ether oxygens (including phenoxy) is 2. The van der Waals surface area contributed by atoms with Gasteiger partial charge in [0.25, 0.3) is 0 Å². The number of ketones is 1. The Labute approximate surface area is 252 Å². The number of nitrogens with zero attached hydrogens (tertiary/aromatic N) is 1. The standard InChI is InChI=1S/C35H27NO8/c37-28(21-10-14-25(15-11-21)44-35(41)29-7-4-16-42-29)19-43-34(40)22-8-12-24(13-9-22)36-32(38)30-23-17-26(20-5-2-1-3-6-20)27(18-23)31(30)33(36)39/h1-16,23,26-27,30-31H,17-19H2/t23-,26-,27-,30+,31+/m0/s1. The first-order chi connectivity index (χ1) is 21.4. The van der Waals surface area contributed by atoms with Crippen molar-refractivity contribution in [1.29, 1.82) is 0 Å². The van der Waals surface area contributed by atoms with Gasteiger partial charge in [-0.3, -0.25) is 19.3 Å². The van der Waals surface area contributed by atoms with E-state index in [-0.39, 0.29) is 64.0 Å². The molecular weight excluding hydrogens is 562 g/mol. The predicted octanol–water partition coefficient (Wildman–Crippen LogP) is 5.47. The van der Waals surface area contributed by atoms with E-state index in [2.05, 4.69) is 12.1 Å². The first-order valence-electron chi connectivity index (χ1n) is 14.5. The number of benzene rings is 3. The SMILES string of the molecule is O=C(COC(=O)c1ccc(N2C(=O)[C@@H]3[C@@H]4C[C@H]([C@H]3C2=O)[C@H](c2ccccc2)C4)cc1)c1ccc(OC(=O)c2ccco2)cc1. The van der Waals surface area contributed by atoms with E-state index in [4.69, 9.17) is 13.9 Å². The fourth-order valence-corrected chi connectivity index (χ4v) is 7.10. The van der Waals surface area contributed by atoms with Crippen molar-refractivity contribution in [2.75, 3.05) is 11.5 Å². The molecule has 3 aromatic carbocycles. The van der Waals surface area contributed by atoms with Gasteiger partial charge in [0.15, 0.2) is 12.4 Å². The Morgan fingerprint density at radius 3 is 2.16 bits per heavy atom. The van der Waals surface area contributed by atoms with E-state index in [0.29, 0.717) is 5.69 Å². The van der Waals surface area contributed by atoms with E-state index >= 15 is 0 Å². The molecule has 2 bridgehead atoms. The molecular formula is C35H27NO8. The molecule has 0 N–H and O–H groups in total. The van der Waals surface area contributed by atoms with Crippen LogP contribution in [0, 0.1) is 23.7 Å². The second-order valence-electron chi connectivity index (χ2n) is 11.4. The summed E-state index contributed by atoms with van der Waals surface area (Å²) in [6.45, 7) is -0.496. The van der Waals surface area contributed by atoms with Crippen molar-refractivity contribution < 1.29 is 37.9 Å². The zero-order chi connectivity index (χ0) is 30.4. The van der Waals surface area contributed by atoms with Crippen LogP contribution in [-0.2, 0) is 14.3 Å². The molecule has 4 aromatic rings. The van der Waals surface area contributed by atoms with Gasteiger partial charge in [0, 0.05) is 5.56 Å². The van der Waals surface area contributed by atoms with Crippen molar-refractivity contribution in [3.05, 3.63) is 120 Å². The maximum atomic E-state index is 13.6. The maximum absolute atomic E-state index is 13.6. The Morgan fingerprint density at radius 2 is 1.45 bits per heavy atom. The highest BCUT2D eigenvalue weighted by Crippen LogP contribution is 2.61. The van der Waals surface area contributed by atoms with Gasteiger partial charge in [0.2, 0.25) is 17.6 Å². The van der Waals surface area contributed by atoms with Crippen LogP contribution in [-0.4, -0.2) is 36.1 Å². The topological polar surface area (TPSA) is 120 Å². The number of hydrogen-bond acceptors (Lipinski definition) is 8. The smallest absolute Gasteiger partial charge is 0.379 e. The number of Topliss-reactive ketones (excluding diaryl/α,β-unsaturated/α-hetero) is 1. The summed E-state index contributed by atoms with van der Waals surface area (Å²) < 4.78 is 15.4. The second kappa shape index (κ2) is 11.1. The molecule has 9 heteroatoms. The summed E-state index contributed by atoms with van der Waals surface area (Å²) in [6, 6.07) is 25.2. The molecule has 220 valence electrons. The number of carbonyl (C=O) groups excluding carboxylic acids is 5. The Morgan fingerprint density at radius 1 is 0.750 bits per heavy atom. The highest BCUT2D eigenvalue weighted by molar-refractivity contribution is 6.22. The minimum atomic E-state index is -0.714. The van der Waals surface area contributed by atoms with Crippen molar-refractivity contribution in [3.8, 4) is 5.75 Å². The minimum absolute atomic E-state index is 0.0511. The Hall–Kier alpha value is -5.31. The van der Waals surface area contributed by atoms with E-state index in [9.17, 15) is 24.0 Å². The quantitative estimate of drug-likeness (QED) is 0.115. The number of imide groups is 1. The van der Waals surface area contributed by atoms with Crippen LogP contribution in [0.3, 0.4) is 0 Å². The zero-order valence-corrected chi connectivity index (χ0v) is 23.5. The lowest BCUT2D eigenvalue weighted by Crippen LogP contribution is -2.33. The molecule has 2 aliphatic carbocycles. The van der Waals surface area contributed by atoms with Gasteiger partial charge in [-0.25, -0.2) is 9.59 Å². The first kappa shape index (κ1) is 27.5. The van der Waals surface area contributed by atoms with Crippen LogP contribution >= 0.6 is 0 Å². The molecule has 0 spiro atoms. The van der Waals surface area contributed by atoms with Gasteiger partial charge in [-0.05, 0) is 96.8 Å². The monoisotopic (exact) mass is 589 g/mol. The van der Waals surface area contributed by atoms with E-state index in [1.54, 1.807) is 18.2 Å². The number of hydrogen-bond donors (Lipinski definition) is 0. The summed E-state index contributed by atoms with van der Waals surface area (Å²) in [6.07, 6.45) is 3.17. The summed E-state index contributed by atoms with van der Waals surface area (Å²) in [5.41, 5.74) is 2.10. The summed E-state index contributed by atoms with van der Waals surface area (Å²) in [5, 5.41) is 0. The van der Waals surface area contributed by atoms with E-state index < -0.39 is 24.3 Å². The highest BCUT2D eigenvalue weighted by Gasteiger charge is 2.64. The van der Waals surface area contributed by atoms with Crippen LogP contribution < -0.4 is 9.64 Å². The van der Waals surface area contributed by atoms with E-state index in [1.807, 2.05) is 18.2 Å². The molecule has 1 aromatic heterocycles. The van der Waals surface area contributed by atoms with E-state index in [0.717, 1.165) is 12.8 Å². The molecule has 7 rings (SSSR count). The second-order valence-corrected chi connectivity index (χ2v) is 11.4. The fourth-order valence-electron chi connectivity index (χ4n) is 7.10. The lowest BCUT2D eigenvalue weighted by Gasteiger charge is -2.28. The molecule has 1 saturated heterocycles. The average Bonchev–Trinajstić information content (AvgIpc) is 3.85. The van der Waals surface area contributed by atoms with Crippen molar-refractivity contribution >= 4 is 35.2 Å². The van der Waals surface area contributed by atoms with Crippen LogP contribution in [0.25, 0.3) is 0 Å². The van der Waals surface area contributed by atoms with Gasteiger partial charge in [0.1, 0.15) is 5.75 Å². The van der Waals surface area contributed by atoms with Crippen molar-refractivity contribution in [2.45, 2.75) is 18.8 Å². The van der Waals surface area contributed by atoms with Gasteiger partial charge in [-0.15, -0.1) is 0 Å². The summed E-state index contributed by atoms with van der Waals surface area (Å²) in [5.74, 6) is -1.88. The van der Waals surface area contributed by atoms with Gasteiger partial charge in [-0.2, -0.15) is 0 Å². The molecule has 5 atom stereocenters. The van der Waals surface area contributed by atoms with Crippen LogP contribution in [0.2, 0.25) is 0 Å². The van der Waals surface area contributed by atoms with Crippen LogP contribution in [0.4, 0.5) is 5.69 Å². The third-order valence-corrected chi connectivity index (χ3v) is 9.05. The number of furan rings is 1. The van der Waals surface area contributed by atoms with Crippen molar-refractivity contribution in [3.63, 3.8) is 0 Å². The van der Waals surface area contributed by atoms with Crippen LogP contribution in [0.5, 0.6) is 5.75 Å². The fraction of sp³-hybridized carbons (Fsp3) is 0.229. The molecule has 0 radical (unpaired) electrons. The number of fused-ring (bicyclic) bond motifs is 5. The van der Waals surface area contributed by atoms with Gasteiger partial charge < -0.3 is 13.9 Å². The molecule has 1 aliphatic heterocycles. The Balaban J connectivity index is 0.958. The predicted molar refractivity (Wildman–Crippen MR) is 156 cm³/mol. The van der Waals surface area contributed by atoms with Crippen molar-refractivity contribution in [2.24, 2.45) is 23.7 Å². The normalized spacial score (nSPS) is 23.5. The molecule has 44 heavy (non-hydrogen) atoms. The third kappa shape index (κ3) is 4.80. The average molecular weight is 590 g/mol. The Bertz CT molecular complexity index is 1740. The number of carbonyl (C=O) groups is 5. The van der Waals surface area contributed by atoms with Crippen LogP contribution in [0.1, 0.15) is 55.6 Å². The van der Waals surface area contributed by atoms with Gasteiger partial charge in [-0.1, -0.05) is 30.3 Å². The molecule has 9 nitrogen and oxygen atoms in total. The number of esters is 2. The number of anilines is 1. The summed E-state index contributed by atoms with van der Waals surface area (Å²) in [7, 11) is 0. The third-order valence-electron chi connectivity index (χ3n) is 9.05. The summed E-state index contributed by atoms with van der Waals surface area (Å²) in [4.78, 5) is 65.5. The lowest BCUT2D eigenvalue weighted by molar-refractivity contribution is -0.123. The van der Waals surface area contributed by atoms with Crippen molar-refractivity contribution in [1.82, 2.24) is 0 Å². The lowest BCUT2D eigenvalue weighted by atomic mass is 9.73. The largest absolute Gasteiger partial charge is 0.457 e. The molecule has 2 saturated carbocycles. The Kier molecular flexibility index (Phi) is 6.93. The first-order valence-corrected chi connectivity index (χ1v) is 14.5. The maximum Gasteiger partial charge on any atom is 0.379 e. The van der Waals surface area contributed by atoms with Gasteiger partial charge in [0.05, 0.1) is 29.3 Å². The van der Waals surface area contributed by atoms with Crippen LogP contribution in [0.15, 0.2) is 102 Å². The molecule has 0 unspecified atom stereocenters.